The van der Waals surface area contributed by atoms with E-state index in [1.54, 1.807) is 17.3 Å². The molecule has 0 bridgehead atoms. The summed E-state index contributed by atoms with van der Waals surface area (Å²) >= 11 is 0. The van der Waals surface area contributed by atoms with E-state index in [0.717, 1.165) is 145 Å². The summed E-state index contributed by atoms with van der Waals surface area (Å²) in [6, 6.07) is 7.64. The monoisotopic (exact) mass is 755 g/mol. The van der Waals surface area contributed by atoms with Crippen LogP contribution in [0.2, 0.25) is 0 Å². The fourth-order valence-electron chi connectivity index (χ4n) is 8.29. The van der Waals surface area contributed by atoms with Gasteiger partial charge in [-0.15, -0.1) is 0 Å². The van der Waals surface area contributed by atoms with Gasteiger partial charge in [-0.3, -0.25) is 24.2 Å². The molecule has 1 aliphatic carbocycles. The van der Waals surface area contributed by atoms with Crippen molar-refractivity contribution in [3.05, 3.63) is 60.4 Å². The van der Waals surface area contributed by atoms with Crippen LogP contribution in [-0.4, -0.2) is 107 Å². The van der Waals surface area contributed by atoms with E-state index in [1.807, 2.05) is 30.5 Å². The van der Waals surface area contributed by atoms with Gasteiger partial charge >= 0.3 is 11.9 Å². The van der Waals surface area contributed by atoms with E-state index >= 15 is 0 Å². The van der Waals surface area contributed by atoms with Crippen LogP contribution in [0, 0.1) is 5.41 Å². The van der Waals surface area contributed by atoms with Gasteiger partial charge in [0.25, 0.3) is 0 Å². The van der Waals surface area contributed by atoms with Crippen LogP contribution in [0.5, 0.6) is 5.75 Å². The van der Waals surface area contributed by atoms with Gasteiger partial charge in [0.1, 0.15) is 5.75 Å². The molecule has 1 saturated carbocycles. The minimum absolute atomic E-state index is 0.0823. The lowest BCUT2D eigenvalue weighted by molar-refractivity contribution is -0.147. The molecule has 1 saturated heterocycles. The number of aromatic amines is 1. The van der Waals surface area contributed by atoms with Crippen LogP contribution in [0.4, 0.5) is 5.95 Å². The fourth-order valence-corrected chi connectivity index (χ4v) is 8.29. The number of H-pyrrole nitrogens is 1. The Morgan fingerprint density at radius 2 is 1.51 bits per heavy atom. The fraction of sp³-hybridized carbons (Fsp3) is 0.605. The summed E-state index contributed by atoms with van der Waals surface area (Å²) in [5, 5.41) is 0.991. The number of anilines is 1. The predicted octanol–water partition coefficient (Wildman–Crippen LogP) is 6.87. The van der Waals surface area contributed by atoms with Crippen molar-refractivity contribution in [2.24, 2.45) is 5.41 Å². The van der Waals surface area contributed by atoms with Crippen LogP contribution >= 0.6 is 0 Å². The molecule has 1 spiro atoms. The number of rotatable bonds is 20. The minimum atomic E-state index is -0.260. The minimum Gasteiger partial charge on any atom is -0.426 e. The molecule has 4 heterocycles. The molecule has 55 heavy (non-hydrogen) atoms. The number of amides is 1. The first kappa shape index (κ1) is 40.4. The molecule has 6 rings (SSSR count). The number of fused-ring (bicyclic) bond motifs is 1. The van der Waals surface area contributed by atoms with Gasteiger partial charge in [-0.2, -0.15) is 0 Å². The number of hydrogen-bond acceptors (Lipinski definition) is 10. The van der Waals surface area contributed by atoms with E-state index in [2.05, 4.69) is 49.8 Å². The molecular formula is C43H61N7O5. The molecule has 0 unspecified atom stereocenters. The van der Waals surface area contributed by atoms with E-state index in [4.69, 9.17) is 9.47 Å². The van der Waals surface area contributed by atoms with Crippen LogP contribution in [0.15, 0.2) is 54.8 Å². The predicted molar refractivity (Wildman–Crippen MR) is 214 cm³/mol. The van der Waals surface area contributed by atoms with Crippen molar-refractivity contribution in [3.63, 3.8) is 0 Å². The molecule has 12 heteroatoms. The van der Waals surface area contributed by atoms with E-state index in [-0.39, 0.29) is 23.3 Å². The highest BCUT2D eigenvalue weighted by atomic mass is 16.6. The highest BCUT2D eigenvalue weighted by Crippen LogP contribution is 2.46. The second kappa shape index (κ2) is 20.0. The summed E-state index contributed by atoms with van der Waals surface area (Å²) in [6.07, 6.45) is 21.2. The van der Waals surface area contributed by atoms with Gasteiger partial charge in [0.2, 0.25) is 17.7 Å². The Bertz CT molecular complexity index is 1730. The maximum Gasteiger partial charge on any atom is 0.312 e. The van der Waals surface area contributed by atoms with Crippen molar-refractivity contribution in [1.82, 2.24) is 29.7 Å². The summed E-state index contributed by atoms with van der Waals surface area (Å²) in [5.41, 5.74) is 1.97. The van der Waals surface area contributed by atoms with E-state index in [9.17, 15) is 14.4 Å². The second-order valence-electron chi connectivity index (χ2n) is 16.0. The van der Waals surface area contributed by atoms with Gasteiger partial charge in [0.15, 0.2) is 0 Å². The number of benzene rings is 1. The molecule has 0 atom stereocenters. The van der Waals surface area contributed by atoms with Crippen molar-refractivity contribution in [2.75, 3.05) is 64.8 Å². The third-order valence-electron chi connectivity index (χ3n) is 11.4. The number of hydrogen-bond donors (Lipinski definition) is 1. The molecule has 1 aromatic carbocycles. The van der Waals surface area contributed by atoms with Gasteiger partial charge in [-0.25, -0.2) is 9.97 Å². The summed E-state index contributed by atoms with van der Waals surface area (Å²) in [5.74, 6) is 1.50. The number of carbonyl (C=O) groups excluding carboxylic acids is 3. The summed E-state index contributed by atoms with van der Waals surface area (Å²) < 4.78 is 11.8. The zero-order valence-electron chi connectivity index (χ0n) is 33.1. The van der Waals surface area contributed by atoms with Gasteiger partial charge in [-0.1, -0.05) is 44.6 Å². The van der Waals surface area contributed by atoms with Crippen molar-refractivity contribution in [3.8, 4) is 5.75 Å². The van der Waals surface area contributed by atoms with E-state index < -0.39 is 0 Å². The van der Waals surface area contributed by atoms with Gasteiger partial charge in [0.05, 0.1) is 0 Å². The first-order chi connectivity index (χ1) is 26.8. The average molecular weight is 756 g/mol. The van der Waals surface area contributed by atoms with Crippen LogP contribution in [-0.2, 0) is 25.5 Å². The third-order valence-corrected chi connectivity index (χ3v) is 11.4. The Hall–Kier alpha value is -4.29. The molecule has 298 valence electrons. The van der Waals surface area contributed by atoms with Gasteiger partial charge in [0, 0.05) is 93.4 Å². The lowest BCUT2D eigenvalue weighted by Gasteiger charge is -2.37. The molecule has 1 N–H and O–H groups in total. The smallest absolute Gasteiger partial charge is 0.312 e. The maximum atomic E-state index is 13.5. The molecule has 3 aliphatic rings. The standard InChI is InChI=1S/C43H61N7O5/c1-47(2)26-19-34-33-46-35-15-13-16-36(41(34)35)54-39(52)17-7-5-3-4-6-8-18-40(53)55-38-32-43(20-9-10-21-43)31-37(51)50(38)25-12-11-24-48-27-29-49(30-28-48)42-44-22-14-23-45-42/h13-16,22-23,32-33,46H,3-12,17-21,24-31H2,1-2H3. The number of unbranched alkanes of at least 4 members (excludes halogenated alkanes) is 6. The zero-order valence-corrected chi connectivity index (χ0v) is 33.1. The molecular weight excluding hydrogens is 695 g/mol. The number of likely N-dealkylation sites (N-methyl/N-ethyl adjacent to an activating group) is 1. The lowest BCUT2D eigenvalue weighted by Crippen LogP contribution is -2.47. The van der Waals surface area contributed by atoms with Gasteiger partial charge < -0.3 is 24.3 Å². The molecule has 2 aromatic heterocycles. The largest absolute Gasteiger partial charge is 0.426 e. The number of nitrogens with zero attached hydrogens (tertiary/aromatic N) is 6. The topological polar surface area (TPSA) is 124 Å². The van der Waals surface area contributed by atoms with Crippen molar-refractivity contribution < 1.29 is 23.9 Å². The van der Waals surface area contributed by atoms with E-state index in [0.29, 0.717) is 37.4 Å². The Morgan fingerprint density at radius 3 is 2.22 bits per heavy atom. The van der Waals surface area contributed by atoms with Gasteiger partial charge in [-0.05, 0) is 95.4 Å². The molecule has 2 fully saturated rings. The summed E-state index contributed by atoms with van der Waals surface area (Å²) in [4.78, 5) is 59.9. The number of ether oxygens (including phenoxy) is 2. The Labute approximate surface area is 326 Å². The lowest BCUT2D eigenvalue weighted by atomic mass is 9.80. The summed E-state index contributed by atoms with van der Waals surface area (Å²) in [7, 11) is 4.11. The maximum absolute atomic E-state index is 13.5. The number of esters is 2. The molecule has 3 aromatic rings. The Kier molecular flexibility index (Phi) is 14.7. The van der Waals surface area contributed by atoms with Crippen LogP contribution in [0.25, 0.3) is 10.9 Å². The van der Waals surface area contributed by atoms with Crippen LogP contribution < -0.4 is 9.64 Å². The highest BCUT2D eigenvalue weighted by molar-refractivity contribution is 5.91. The first-order valence-electron chi connectivity index (χ1n) is 20.7. The molecule has 2 aliphatic heterocycles. The normalized spacial score (nSPS) is 17.4. The number of aromatic nitrogens is 3. The number of nitrogens with one attached hydrogen (secondary N) is 1. The molecule has 0 radical (unpaired) electrons. The Morgan fingerprint density at radius 1 is 0.836 bits per heavy atom. The number of piperazine rings is 1. The highest BCUT2D eigenvalue weighted by Gasteiger charge is 2.41. The summed E-state index contributed by atoms with van der Waals surface area (Å²) in [6.45, 7) is 6.20. The number of carbonyl (C=O) groups is 3. The van der Waals surface area contributed by atoms with Crippen molar-refractivity contribution >= 4 is 34.7 Å². The van der Waals surface area contributed by atoms with Crippen molar-refractivity contribution in [1.29, 1.82) is 0 Å². The zero-order chi connectivity index (χ0) is 38.5. The van der Waals surface area contributed by atoms with E-state index in [1.165, 1.54) is 0 Å². The van der Waals surface area contributed by atoms with Crippen molar-refractivity contribution in [2.45, 2.75) is 103 Å². The quantitative estimate of drug-likeness (QED) is 0.0743. The third kappa shape index (κ3) is 11.6. The second-order valence-corrected chi connectivity index (χ2v) is 16.0. The first-order valence-corrected chi connectivity index (χ1v) is 20.7. The Balaban J connectivity index is 0.869. The molecule has 1 amide bonds. The number of allylic oxidation sites excluding steroid dienone is 1. The molecule has 12 nitrogen and oxygen atoms in total. The average Bonchev–Trinajstić information content (AvgIpc) is 3.82. The SMILES string of the molecule is CN(C)CCc1c[nH]c2cccc(OC(=O)CCCCCCCCC(=O)OC3=CC4(CCCC4)CC(=O)N3CCCCN3CCN(c4ncccn4)CC3)c12. The van der Waals surface area contributed by atoms with Crippen LogP contribution in [0.1, 0.15) is 102 Å². The van der Waals surface area contributed by atoms with Crippen LogP contribution in [0.3, 0.4) is 0 Å².